The number of hydrogen-bond donors (Lipinski definition) is 2. The van der Waals surface area contributed by atoms with E-state index in [1.165, 1.54) is 12.1 Å². The van der Waals surface area contributed by atoms with E-state index >= 15 is 4.39 Å². The van der Waals surface area contributed by atoms with Gasteiger partial charge in [-0.2, -0.15) is 0 Å². The number of rotatable bonds is 4. The third-order valence-electron chi connectivity index (χ3n) is 6.78. The highest BCUT2D eigenvalue weighted by atomic mass is 19.1. The molecule has 3 fully saturated rings. The summed E-state index contributed by atoms with van der Waals surface area (Å²) < 4.78 is 29.4. The first kappa shape index (κ1) is 18.5. The summed E-state index contributed by atoms with van der Waals surface area (Å²) in [6, 6.07) is 1.85. The molecule has 0 bridgehead atoms. The van der Waals surface area contributed by atoms with Crippen LogP contribution in [0.5, 0.6) is 0 Å². The third-order valence-corrected chi connectivity index (χ3v) is 6.78. The van der Waals surface area contributed by atoms with Gasteiger partial charge in [-0.15, -0.1) is 0 Å². The van der Waals surface area contributed by atoms with Gasteiger partial charge in [0.2, 0.25) is 5.91 Å². The molecule has 9 heteroatoms. The molecule has 1 aromatic rings. The number of nitrogens with two attached hydrogens (primary N) is 1. The molecule has 0 spiro atoms. The molecule has 5 rings (SSSR count). The normalized spacial score (nSPS) is 32.4. The number of carboxylic acids is 1. The highest BCUT2D eigenvalue weighted by Crippen LogP contribution is 2.47. The van der Waals surface area contributed by atoms with Crippen LogP contribution in [0.25, 0.3) is 0 Å². The van der Waals surface area contributed by atoms with Crippen LogP contribution >= 0.6 is 0 Å². The van der Waals surface area contributed by atoms with E-state index in [9.17, 15) is 23.9 Å². The summed E-state index contributed by atoms with van der Waals surface area (Å²) in [5, 5.41) is 9.32. The molecule has 3 N–H and O–H groups in total. The average molecular weight is 405 g/mol. The number of hydrogen-bond acceptors (Lipinski definition) is 5. The molecule has 1 amide bonds. The maximum Gasteiger partial charge on any atom is 0.324 e. The Bertz CT molecular complexity index is 948. The van der Waals surface area contributed by atoms with Crippen LogP contribution in [0.3, 0.4) is 0 Å². The number of Topliss-reactive ketones (excluding diaryl/α,β-unsaturated/α-hetero) is 1. The number of benzene rings is 1. The number of halogens is 2. The first-order chi connectivity index (χ1) is 13.7. The zero-order chi connectivity index (χ0) is 20.7. The summed E-state index contributed by atoms with van der Waals surface area (Å²) in [7, 11) is 0. The SMILES string of the molecule is NC1([C@@H]2CCN(c3ccc4c(c3F)N([C@@H]3C[C@@H]3F)C(=O)C(C(=O)O)C4=O)C2)CC1. The van der Waals surface area contributed by atoms with Crippen molar-refractivity contribution in [3.8, 4) is 0 Å². The van der Waals surface area contributed by atoms with Crippen molar-refractivity contribution in [1.82, 2.24) is 0 Å². The molecular weight excluding hydrogens is 384 g/mol. The van der Waals surface area contributed by atoms with Gasteiger partial charge in [0.25, 0.3) is 0 Å². The molecule has 7 nitrogen and oxygen atoms in total. The van der Waals surface area contributed by atoms with E-state index in [0.29, 0.717) is 13.1 Å². The van der Waals surface area contributed by atoms with E-state index in [2.05, 4.69) is 0 Å². The average Bonchev–Trinajstić information content (AvgIpc) is 3.52. The van der Waals surface area contributed by atoms with Crippen molar-refractivity contribution >= 4 is 29.0 Å². The minimum Gasteiger partial charge on any atom is -0.480 e. The van der Waals surface area contributed by atoms with Gasteiger partial charge >= 0.3 is 5.97 Å². The predicted octanol–water partition coefficient (Wildman–Crippen LogP) is 1.48. The van der Waals surface area contributed by atoms with Crippen LogP contribution in [0.2, 0.25) is 0 Å². The van der Waals surface area contributed by atoms with Crippen molar-refractivity contribution in [2.45, 2.75) is 43.4 Å². The number of aliphatic carboxylic acids is 1. The number of nitrogens with zero attached hydrogens (tertiary/aromatic N) is 2. The number of ketones is 1. The largest absolute Gasteiger partial charge is 0.480 e. The van der Waals surface area contributed by atoms with E-state index < -0.39 is 41.6 Å². The second kappa shape index (κ2) is 5.98. The Morgan fingerprint density at radius 3 is 2.55 bits per heavy atom. The Morgan fingerprint density at radius 2 is 1.97 bits per heavy atom. The molecule has 1 unspecified atom stereocenters. The molecule has 2 aliphatic carbocycles. The van der Waals surface area contributed by atoms with Crippen molar-refractivity contribution in [3.05, 3.63) is 23.5 Å². The van der Waals surface area contributed by atoms with Crippen LogP contribution in [0, 0.1) is 17.7 Å². The Morgan fingerprint density at radius 1 is 1.28 bits per heavy atom. The minimum atomic E-state index is -1.97. The lowest BCUT2D eigenvalue weighted by Gasteiger charge is -2.33. The number of alkyl halides is 1. The maximum absolute atomic E-state index is 15.6. The molecule has 0 radical (unpaired) electrons. The lowest BCUT2D eigenvalue weighted by Crippen LogP contribution is -2.50. The smallest absolute Gasteiger partial charge is 0.324 e. The predicted molar refractivity (Wildman–Crippen MR) is 99.1 cm³/mol. The monoisotopic (exact) mass is 405 g/mol. The molecule has 4 aliphatic rings. The van der Waals surface area contributed by atoms with E-state index in [1.54, 1.807) is 0 Å². The zero-order valence-electron chi connectivity index (χ0n) is 15.6. The van der Waals surface area contributed by atoms with Crippen LogP contribution in [0.4, 0.5) is 20.2 Å². The summed E-state index contributed by atoms with van der Waals surface area (Å²) in [5.41, 5.74) is 5.84. The summed E-state index contributed by atoms with van der Waals surface area (Å²) >= 11 is 0. The fourth-order valence-corrected chi connectivity index (χ4v) is 4.72. The Hall–Kier alpha value is -2.55. The van der Waals surface area contributed by atoms with Crippen LogP contribution in [0.15, 0.2) is 12.1 Å². The van der Waals surface area contributed by atoms with Gasteiger partial charge in [-0.25, -0.2) is 8.78 Å². The number of carbonyl (C=O) groups excluding carboxylic acids is 2. The quantitative estimate of drug-likeness (QED) is 0.736. The lowest BCUT2D eigenvalue weighted by atomic mass is 9.89. The van der Waals surface area contributed by atoms with Crippen molar-refractivity contribution < 1.29 is 28.3 Å². The van der Waals surface area contributed by atoms with Gasteiger partial charge in [-0.1, -0.05) is 0 Å². The molecule has 154 valence electrons. The van der Waals surface area contributed by atoms with E-state index in [0.717, 1.165) is 24.2 Å². The summed E-state index contributed by atoms with van der Waals surface area (Å²) in [5.74, 6) is -6.16. The van der Waals surface area contributed by atoms with Crippen molar-refractivity contribution in [2.75, 3.05) is 22.9 Å². The molecular formula is C20H21F2N3O4. The topological polar surface area (TPSA) is 104 Å². The van der Waals surface area contributed by atoms with Crippen molar-refractivity contribution in [3.63, 3.8) is 0 Å². The number of carbonyl (C=O) groups is 3. The lowest BCUT2D eigenvalue weighted by molar-refractivity contribution is -0.144. The Balaban J connectivity index is 1.56. The number of anilines is 2. The molecule has 1 aromatic carbocycles. The maximum atomic E-state index is 15.6. The number of carboxylic acid groups (broad SMARTS) is 1. The number of amides is 1. The molecule has 2 heterocycles. The second-order valence-corrected chi connectivity index (χ2v) is 8.62. The van der Waals surface area contributed by atoms with Gasteiger partial charge in [0.05, 0.1) is 17.4 Å². The van der Waals surface area contributed by atoms with Gasteiger partial charge in [-0.3, -0.25) is 14.4 Å². The summed E-state index contributed by atoms with van der Waals surface area (Å²) in [6.07, 6.45) is 1.36. The van der Waals surface area contributed by atoms with E-state index in [-0.39, 0.29) is 34.8 Å². The van der Waals surface area contributed by atoms with Crippen LogP contribution < -0.4 is 15.5 Å². The highest BCUT2D eigenvalue weighted by molar-refractivity contribution is 6.30. The standard InChI is InChI=1S/C20H21F2N3O4/c21-11-7-13(11)25-16-10(17(26)14(18(25)27)19(28)29)1-2-12(15(16)22)24-6-3-9(8-24)20(23)4-5-20/h1-2,9,11,13-14H,3-8,23H2,(H,28,29)/t9-,11+,13-,14?/m1/s1. The van der Waals surface area contributed by atoms with Crippen LogP contribution in [0.1, 0.15) is 36.0 Å². The van der Waals surface area contributed by atoms with E-state index in [1.807, 2.05) is 4.90 Å². The zero-order valence-corrected chi connectivity index (χ0v) is 15.6. The van der Waals surface area contributed by atoms with Crippen molar-refractivity contribution in [1.29, 1.82) is 0 Å². The highest BCUT2D eigenvalue weighted by Gasteiger charge is 2.55. The fourth-order valence-electron chi connectivity index (χ4n) is 4.72. The molecule has 4 atom stereocenters. The fraction of sp³-hybridized carbons (Fsp3) is 0.550. The first-order valence-electron chi connectivity index (χ1n) is 9.83. The minimum absolute atomic E-state index is 0.00312. The van der Waals surface area contributed by atoms with Gasteiger partial charge < -0.3 is 20.6 Å². The Kier molecular flexibility index (Phi) is 3.81. The summed E-state index contributed by atoms with van der Waals surface area (Å²) in [4.78, 5) is 39.5. The van der Waals surface area contributed by atoms with Gasteiger partial charge in [-0.05, 0) is 37.3 Å². The van der Waals surface area contributed by atoms with Crippen LogP contribution in [-0.4, -0.2) is 53.6 Å². The van der Waals surface area contributed by atoms with Crippen molar-refractivity contribution in [2.24, 2.45) is 17.6 Å². The second-order valence-electron chi connectivity index (χ2n) is 8.62. The molecule has 1 saturated heterocycles. The first-order valence-corrected chi connectivity index (χ1v) is 9.83. The third kappa shape index (κ3) is 2.67. The van der Waals surface area contributed by atoms with Gasteiger partial charge in [0.1, 0.15) is 6.17 Å². The molecule has 2 saturated carbocycles. The van der Waals surface area contributed by atoms with Gasteiger partial charge in [0, 0.05) is 30.6 Å². The van der Waals surface area contributed by atoms with E-state index in [4.69, 9.17) is 5.73 Å². The Labute approximate surface area is 165 Å². The molecule has 29 heavy (non-hydrogen) atoms. The summed E-state index contributed by atoms with van der Waals surface area (Å²) in [6.45, 7) is 1.16. The van der Waals surface area contributed by atoms with Gasteiger partial charge in [0.15, 0.2) is 17.5 Å². The number of fused-ring (bicyclic) bond motifs is 1. The molecule has 0 aromatic heterocycles. The van der Waals surface area contributed by atoms with Crippen LogP contribution in [-0.2, 0) is 9.59 Å². The molecule has 2 aliphatic heterocycles.